The Balaban J connectivity index is 3.04. The minimum absolute atomic E-state index is 0.0278. The highest BCUT2D eigenvalue weighted by atomic mass is 35.5. The molecule has 0 saturated heterocycles. The third kappa shape index (κ3) is 3.44. The fourth-order valence-electron chi connectivity index (χ4n) is 1.25. The lowest BCUT2D eigenvalue weighted by Crippen LogP contribution is -2.24. The average Bonchev–Trinajstić information content (AvgIpc) is 2.28. The van der Waals surface area contributed by atoms with Crippen LogP contribution in [-0.2, 0) is 0 Å². The van der Waals surface area contributed by atoms with Crippen molar-refractivity contribution in [2.45, 2.75) is 6.92 Å². The number of hydrogen-bond acceptors (Lipinski definition) is 4. The molecule has 0 radical (unpaired) electrons. The molecule has 1 rings (SSSR count). The van der Waals surface area contributed by atoms with Gasteiger partial charge in [0.15, 0.2) is 5.78 Å². The van der Waals surface area contributed by atoms with Crippen LogP contribution in [0.15, 0.2) is 30.1 Å². The van der Waals surface area contributed by atoms with Crippen LogP contribution in [-0.4, -0.2) is 17.5 Å². The molecule has 0 aliphatic rings. The SMILES string of the molecule is CCNC(=CC(=O)c1c(F)cccc1Cl)NO. The Morgan fingerprint density at radius 1 is 1.59 bits per heavy atom. The molecular weight excluding hydrogens is 247 g/mol. The molecule has 0 saturated carbocycles. The highest BCUT2D eigenvalue weighted by Gasteiger charge is 2.14. The second-order valence-electron chi connectivity index (χ2n) is 3.16. The first-order valence-electron chi connectivity index (χ1n) is 4.94. The molecule has 0 bridgehead atoms. The van der Waals surface area contributed by atoms with E-state index in [2.05, 4.69) is 5.32 Å². The summed E-state index contributed by atoms with van der Waals surface area (Å²) >= 11 is 5.73. The minimum Gasteiger partial charge on any atom is -0.370 e. The van der Waals surface area contributed by atoms with Gasteiger partial charge in [0, 0.05) is 12.6 Å². The van der Waals surface area contributed by atoms with Crippen molar-refractivity contribution in [3.63, 3.8) is 0 Å². The Labute approximate surface area is 103 Å². The molecule has 3 N–H and O–H groups in total. The number of nitrogens with one attached hydrogen (secondary N) is 2. The molecule has 0 spiro atoms. The van der Waals surface area contributed by atoms with Crippen molar-refractivity contribution in [3.8, 4) is 0 Å². The van der Waals surface area contributed by atoms with Gasteiger partial charge >= 0.3 is 0 Å². The fraction of sp³-hybridized carbons (Fsp3) is 0.182. The van der Waals surface area contributed by atoms with Crippen LogP contribution in [0.3, 0.4) is 0 Å². The van der Waals surface area contributed by atoms with Crippen molar-refractivity contribution in [2.75, 3.05) is 6.54 Å². The Bertz CT molecular complexity index is 429. The molecule has 0 aliphatic carbocycles. The molecule has 0 amide bonds. The van der Waals surface area contributed by atoms with E-state index in [1.54, 1.807) is 12.4 Å². The summed E-state index contributed by atoms with van der Waals surface area (Å²) in [7, 11) is 0. The van der Waals surface area contributed by atoms with Gasteiger partial charge in [-0.3, -0.25) is 15.5 Å². The van der Waals surface area contributed by atoms with E-state index in [0.717, 1.165) is 12.1 Å². The molecule has 0 fully saturated rings. The zero-order valence-corrected chi connectivity index (χ0v) is 9.88. The number of hydroxylamine groups is 1. The van der Waals surface area contributed by atoms with Crippen molar-refractivity contribution in [1.82, 2.24) is 10.8 Å². The highest BCUT2D eigenvalue weighted by molar-refractivity contribution is 6.34. The molecule has 4 nitrogen and oxygen atoms in total. The lowest BCUT2D eigenvalue weighted by Gasteiger charge is -2.07. The third-order valence-corrected chi connectivity index (χ3v) is 2.29. The van der Waals surface area contributed by atoms with Gasteiger partial charge in [-0.2, -0.15) is 0 Å². The first-order valence-corrected chi connectivity index (χ1v) is 5.32. The van der Waals surface area contributed by atoms with Gasteiger partial charge in [-0.1, -0.05) is 17.7 Å². The predicted molar refractivity (Wildman–Crippen MR) is 62.4 cm³/mol. The number of carbonyl (C=O) groups excluding carboxylic acids is 1. The molecular formula is C11H12ClFN2O2. The van der Waals surface area contributed by atoms with E-state index in [1.807, 2.05) is 0 Å². The van der Waals surface area contributed by atoms with Gasteiger partial charge in [0.05, 0.1) is 10.6 Å². The van der Waals surface area contributed by atoms with Crippen LogP contribution in [0.4, 0.5) is 4.39 Å². The van der Waals surface area contributed by atoms with E-state index in [9.17, 15) is 9.18 Å². The van der Waals surface area contributed by atoms with E-state index in [1.165, 1.54) is 12.1 Å². The maximum atomic E-state index is 13.4. The summed E-state index contributed by atoms with van der Waals surface area (Å²) in [6, 6.07) is 3.98. The lowest BCUT2D eigenvalue weighted by atomic mass is 10.1. The zero-order valence-electron chi connectivity index (χ0n) is 9.13. The fourth-order valence-corrected chi connectivity index (χ4v) is 1.51. The van der Waals surface area contributed by atoms with Crippen molar-refractivity contribution in [2.24, 2.45) is 0 Å². The summed E-state index contributed by atoms with van der Waals surface area (Å²) in [4.78, 5) is 11.7. The number of halogens is 2. The topological polar surface area (TPSA) is 61.4 Å². The standard InChI is InChI=1S/C11H12ClFN2O2/c1-2-14-10(15-17)6-9(16)11-7(12)4-3-5-8(11)13/h3-6,14-15,17H,2H2,1H3. The first-order chi connectivity index (χ1) is 8.10. The van der Waals surface area contributed by atoms with E-state index < -0.39 is 11.6 Å². The number of carbonyl (C=O) groups is 1. The first kappa shape index (κ1) is 13.5. The van der Waals surface area contributed by atoms with E-state index in [0.29, 0.717) is 6.54 Å². The average molecular weight is 259 g/mol. The second kappa shape index (κ2) is 6.22. The summed E-state index contributed by atoms with van der Waals surface area (Å²) in [5.74, 6) is -1.25. The molecule has 6 heteroatoms. The van der Waals surface area contributed by atoms with Gasteiger partial charge in [0.1, 0.15) is 11.6 Å². The Hall–Kier alpha value is -1.59. The van der Waals surface area contributed by atoms with E-state index >= 15 is 0 Å². The largest absolute Gasteiger partial charge is 0.370 e. The molecule has 0 aromatic heterocycles. The minimum atomic E-state index is -0.701. The Morgan fingerprint density at radius 3 is 2.82 bits per heavy atom. The smallest absolute Gasteiger partial charge is 0.193 e. The summed E-state index contributed by atoms with van der Waals surface area (Å²) in [5, 5.41) is 11.4. The number of hydrogen-bond donors (Lipinski definition) is 3. The third-order valence-electron chi connectivity index (χ3n) is 1.97. The second-order valence-corrected chi connectivity index (χ2v) is 3.57. The van der Waals surface area contributed by atoms with E-state index in [4.69, 9.17) is 16.8 Å². The molecule has 1 aromatic rings. The number of ketones is 1. The van der Waals surface area contributed by atoms with Gasteiger partial charge in [0.25, 0.3) is 0 Å². The molecule has 0 heterocycles. The molecule has 0 aliphatic heterocycles. The van der Waals surface area contributed by atoms with E-state index in [-0.39, 0.29) is 16.4 Å². The maximum absolute atomic E-state index is 13.4. The van der Waals surface area contributed by atoms with Crippen LogP contribution < -0.4 is 10.8 Å². The van der Waals surface area contributed by atoms with Crippen molar-refractivity contribution < 1.29 is 14.4 Å². The van der Waals surface area contributed by atoms with Gasteiger partial charge in [-0.05, 0) is 19.1 Å². The number of benzene rings is 1. The van der Waals surface area contributed by atoms with Crippen LogP contribution >= 0.6 is 11.6 Å². The van der Waals surface area contributed by atoms with Gasteiger partial charge in [-0.25, -0.2) is 4.39 Å². The Morgan fingerprint density at radius 2 is 2.29 bits per heavy atom. The van der Waals surface area contributed by atoms with Crippen LogP contribution in [0, 0.1) is 5.82 Å². The van der Waals surface area contributed by atoms with Crippen molar-refractivity contribution in [1.29, 1.82) is 0 Å². The molecule has 17 heavy (non-hydrogen) atoms. The van der Waals surface area contributed by atoms with Gasteiger partial charge < -0.3 is 5.32 Å². The summed E-state index contributed by atoms with van der Waals surface area (Å²) in [6.07, 6.45) is 1.04. The van der Waals surface area contributed by atoms with Crippen LogP contribution in [0.25, 0.3) is 0 Å². The molecule has 0 unspecified atom stereocenters. The number of rotatable bonds is 5. The highest BCUT2D eigenvalue weighted by Crippen LogP contribution is 2.19. The van der Waals surface area contributed by atoms with Crippen molar-refractivity contribution >= 4 is 17.4 Å². The Kier molecular flexibility index (Phi) is 4.93. The lowest BCUT2D eigenvalue weighted by molar-refractivity contribution is 0.103. The quantitative estimate of drug-likeness (QED) is 0.430. The maximum Gasteiger partial charge on any atom is 0.193 e. The zero-order chi connectivity index (χ0) is 12.8. The molecule has 92 valence electrons. The predicted octanol–water partition coefficient (Wildman–Crippen LogP) is 2.09. The molecule has 0 atom stereocenters. The number of allylic oxidation sites excluding steroid dienone is 1. The normalized spacial score (nSPS) is 11.2. The van der Waals surface area contributed by atoms with Crippen LogP contribution in [0.1, 0.15) is 17.3 Å². The van der Waals surface area contributed by atoms with Gasteiger partial charge in [-0.15, -0.1) is 0 Å². The van der Waals surface area contributed by atoms with Gasteiger partial charge in [0.2, 0.25) is 0 Å². The summed E-state index contributed by atoms with van der Waals surface area (Å²) in [5.41, 5.74) is 1.58. The monoisotopic (exact) mass is 258 g/mol. The summed E-state index contributed by atoms with van der Waals surface area (Å²) in [6.45, 7) is 2.28. The summed E-state index contributed by atoms with van der Waals surface area (Å²) < 4.78 is 13.4. The van der Waals surface area contributed by atoms with Crippen molar-refractivity contribution in [3.05, 3.63) is 46.5 Å². The molecule has 1 aromatic carbocycles. The van der Waals surface area contributed by atoms with Crippen LogP contribution in [0.2, 0.25) is 5.02 Å². The van der Waals surface area contributed by atoms with Crippen LogP contribution in [0.5, 0.6) is 0 Å².